The summed E-state index contributed by atoms with van der Waals surface area (Å²) in [5.41, 5.74) is 7.41. The van der Waals surface area contributed by atoms with E-state index in [-0.39, 0.29) is 18.2 Å². The highest BCUT2D eigenvalue weighted by atomic mass is 79.9. The quantitative estimate of drug-likeness (QED) is 0.776. The molecule has 5 heteroatoms. The maximum absolute atomic E-state index is 12.0. The lowest BCUT2D eigenvalue weighted by molar-refractivity contribution is -0.122. The van der Waals surface area contributed by atoms with Crippen molar-refractivity contribution < 1.29 is 9.59 Å². The van der Waals surface area contributed by atoms with Gasteiger partial charge in [-0.1, -0.05) is 58.4 Å². The fraction of sp³-hybridized carbons (Fsp3) is 0.176. The number of amides is 1. The van der Waals surface area contributed by atoms with Gasteiger partial charge in [-0.2, -0.15) is 0 Å². The van der Waals surface area contributed by atoms with Crippen molar-refractivity contribution in [2.45, 2.75) is 12.5 Å². The molecule has 0 saturated heterocycles. The molecule has 0 unspecified atom stereocenters. The fourth-order valence-corrected chi connectivity index (χ4v) is 2.26. The van der Waals surface area contributed by atoms with Gasteiger partial charge >= 0.3 is 0 Å². The predicted molar refractivity (Wildman–Crippen MR) is 89.6 cm³/mol. The molecule has 0 aliphatic carbocycles. The molecule has 3 N–H and O–H groups in total. The number of halogens is 1. The number of carbonyl (C=O) groups is 2. The minimum absolute atomic E-state index is 0.0526. The van der Waals surface area contributed by atoms with Gasteiger partial charge in [-0.15, -0.1) is 0 Å². The summed E-state index contributed by atoms with van der Waals surface area (Å²) in [5.74, 6) is -0.470. The predicted octanol–water partition coefficient (Wildman–Crippen LogP) is 2.32. The van der Waals surface area contributed by atoms with E-state index in [0.29, 0.717) is 12.0 Å². The van der Waals surface area contributed by atoms with Gasteiger partial charge in [0.05, 0.1) is 12.6 Å². The van der Waals surface area contributed by atoms with Crippen LogP contribution in [0.3, 0.4) is 0 Å². The molecule has 0 bridgehead atoms. The summed E-state index contributed by atoms with van der Waals surface area (Å²) in [6.07, 6.45) is 0.444. The average molecular weight is 361 g/mol. The Bertz CT molecular complexity index is 641. The average Bonchev–Trinajstić information content (AvgIpc) is 2.53. The summed E-state index contributed by atoms with van der Waals surface area (Å²) >= 11 is 3.31. The van der Waals surface area contributed by atoms with Crippen LogP contribution in [0.2, 0.25) is 0 Å². The molecule has 0 aromatic heterocycles. The molecule has 2 aromatic rings. The minimum Gasteiger partial charge on any atom is -0.347 e. The smallest absolute Gasteiger partial charge is 0.237 e. The van der Waals surface area contributed by atoms with Crippen LogP contribution in [-0.4, -0.2) is 24.3 Å². The van der Waals surface area contributed by atoms with Crippen LogP contribution >= 0.6 is 15.9 Å². The van der Waals surface area contributed by atoms with Gasteiger partial charge in [0, 0.05) is 10.0 Å². The maximum atomic E-state index is 12.0. The van der Waals surface area contributed by atoms with Gasteiger partial charge < -0.3 is 11.1 Å². The van der Waals surface area contributed by atoms with Crippen LogP contribution in [0, 0.1) is 0 Å². The SMILES string of the molecule is N[C@@H](Cc1ccccc1)C(=O)NCC(=O)c1ccc(Br)cc1. The van der Waals surface area contributed by atoms with E-state index in [1.807, 2.05) is 30.3 Å². The Hall–Kier alpha value is -1.98. The Morgan fingerprint density at radius 3 is 2.32 bits per heavy atom. The third kappa shape index (κ3) is 4.79. The van der Waals surface area contributed by atoms with Crippen molar-refractivity contribution in [2.24, 2.45) is 5.73 Å². The molecule has 22 heavy (non-hydrogen) atoms. The topological polar surface area (TPSA) is 72.2 Å². The second-order valence-corrected chi connectivity index (χ2v) is 5.86. The van der Waals surface area contributed by atoms with Gasteiger partial charge in [0.1, 0.15) is 0 Å². The number of benzene rings is 2. The van der Waals surface area contributed by atoms with Crippen LogP contribution in [0.5, 0.6) is 0 Å². The summed E-state index contributed by atoms with van der Waals surface area (Å²) in [5, 5.41) is 2.59. The van der Waals surface area contributed by atoms with E-state index >= 15 is 0 Å². The number of nitrogens with one attached hydrogen (secondary N) is 1. The molecule has 4 nitrogen and oxygen atoms in total. The zero-order chi connectivity index (χ0) is 15.9. The maximum Gasteiger partial charge on any atom is 0.237 e. The van der Waals surface area contributed by atoms with E-state index in [4.69, 9.17) is 5.73 Å². The molecule has 2 rings (SSSR count). The largest absolute Gasteiger partial charge is 0.347 e. The van der Waals surface area contributed by atoms with E-state index < -0.39 is 6.04 Å². The van der Waals surface area contributed by atoms with Crippen molar-refractivity contribution in [3.05, 3.63) is 70.2 Å². The van der Waals surface area contributed by atoms with E-state index in [2.05, 4.69) is 21.2 Å². The molecule has 0 fully saturated rings. The third-order valence-corrected chi connectivity index (χ3v) is 3.75. The monoisotopic (exact) mass is 360 g/mol. The summed E-state index contributed by atoms with van der Waals surface area (Å²) < 4.78 is 0.901. The normalized spacial score (nSPS) is 11.7. The summed E-state index contributed by atoms with van der Waals surface area (Å²) in [7, 11) is 0. The van der Waals surface area contributed by atoms with E-state index in [0.717, 1.165) is 10.0 Å². The van der Waals surface area contributed by atoms with E-state index in [1.54, 1.807) is 24.3 Å². The highest BCUT2D eigenvalue weighted by Crippen LogP contribution is 2.10. The Kier molecular flexibility index (Phi) is 5.86. The first-order chi connectivity index (χ1) is 10.6. The molecular weight excluding hydrogens is 344 g/mol. The number of carbonyl (C=O) groups excluding carboxylic acids is 2. The van der Waals surface area contributed by atoms with Gasteiger partial charge in [0.25, 0.3) is 0 Å². The fourth-order valence-electron chi connectivity index (χ4n) is 2.00. The zero-order valence-corrected chi connectivity index (χ0v) is 13.5. The van der Waals surface area contributed by atoms with Crippen molar-refractivity contribution in [3.63, 3.8) is 0 Å². The molecule has 1 amide bonds. The van der Waals surface area contributed by atoms with Crippen LogP contribution in [0.4, 0.5) is 0 Å². The number of Topliss-reactive ketones (excluding diaryl/α,β-unsaturated/α-hetero) is 1. The van der Waals surface area contributed by atoms with Crippen molar-refractivity contribution in [2.75, 3.05) is 6.54 Å². The molecule has 0 aliphatic heterocycles. The number of rotatable bonds is 6. The van der Waals surface area contributed by atoms with Gasteiger partial charge in [-0.25, -0.2) is 0 Å². The minimum atomic E-state index is -0.667. The van der Waals surface area contributed by atoms with Crippen LogP contribution in [-0.2, 0) is 11.2 Å². The van der Waals surface area contributed by atoms with E-state index in [1.165, 1.54) is 0 Å². The molecule has 1 atom stereocenters. The number of nitrogens with two attached hydrogens (primary N) is 1. The summed E-state index contributed by atoms with van der Waals surface area (Å²) in [6.45, 7) is -0.0526. The molecule has 2 aromatic carbocycles. The molecule has 114 valence electrons. The first kappa shape index (κ1) is 16.4. The number of hydrogen-bond donors (Lipinski definition) is 2. The number of hydrogen-bond acceptors (Lipinski definition) is 3. The van der Waals surface area contributed by atoms with Gasteiger partial charge in [0.15, 0.2) is 5.78 Å². The van der Waals surface area contributed by atoms with Crippen LogP contribution in [0.15, 0.2) is 59.1 Å². The van der Waals surface area contributed by atoms with Gasteiger partial charge in [-0.3, -0.25) is 9.59 Å². The van der Waals surface area contributed by atoms with Gasteiger partial charge in [-0.05, 0) is 24.1 Å². The molecular formula is C17H17BrN2O2. The zero-order valence-electron chi connectivity index (χ0n) is 12.0. The van der Waals surface area contributed by atoms with Crippen LogP contribution in [0.1, 0.15) is 15.9 Å². The van der Waals surface area contributed by atoms with Gasteiger partial charge in [0.2, 0.25) is 5.91 Å². The highest BCUT2D eigenvalue weighted by molar-refractivity contribution is 9.10. The third-order valence-electron chi connectivity index (χ3n) is 3.22. The first-order valence-corrected chi connectivity index (χ1v) is 7.71. The first-order valence-electron chi connectivity index (χ1n) is 6.92. The standard InChI is InChI=1S/C17H17BrN2O2/c18-14-8-6-13(7-9-14)16(21)11-20-17(22)15(19)10-12-4-2-1-3-5-12/h1-9,15H,10-11,19H2,(H,20,22)/t15-/m0/s1. The molecule has 0 spiro atoms. The second-order valence-electron chi connectivity index (χ2n) is 4.94. The lowest BCUT2D eigenvalue weighted by Gasteiger charge is -2.12. The lowest BCUT2D eigenvalue weighted by atomic mass is 10.1. The Morgan fingerprint density at radius 1 is 1.05 bits per heavy atom. The Labute approximate surface area is 137 Å². The number of ketones is 1. The van der Waals surface area contributed by atoms with Crippen molar-refractivity contribution in [1.29, 1.82) is 0 Å². The van der Waals surface area contributed by atoms with Crippen molar-refractivity contribution in [1.82, 2.24) is 5.32 Å². The van der Waals surface area contributed by atoms with Crippen molar-refractivity contribution in [3.8, 4) is 0 Å². The van der Waals surface area contributed by atoms with Crippen LogP contribution < -0.4 is 11.1 Å². The second kappa shape index (κ2) is 7.87. The molecule has 0 saturated carbocycles. The summed E-state index contributed by atoms with van der Waals surface area (Å²) in [4.78, 5) is 23.9. The lowest BCUT2D eigenvalue weighted by Crippen LogP contribution is -2.43. The Morgan fingerprint density at radius 2 is 1.68 bits per heavy atom. The highest BCUT2D eigenvalue weighted by Gasteiger charge is 2.15. The molecule has 0 heterocycles. The van der Waals surface area contributed by atoms with Crippen LogP contribution in [0.25, 0.3) is 0 Å². The van der Waals surface area contributed by atoms with Crippen molar-refractivity contribution >= 4 is 27.6 Å². The molecule has 0 aliphatic rings. The summed E-state index contributed by atoms with van der Waals surface area (Å²) in [6, 6.07) is 15.9. The Balaban J connectivity index is 1.84. The van der Waals surface area contributed by atoms with E-state index in [9.17, 15) is 9.59 Å². The molecule has 0 radical (unpaired) electrons.